The van der Waals surface area contributed by atoms with Gasteiger partial charge in [-0.3, -0.25) is 0 Å². The smallest absolute Gasteiger partial charge is 0.339 e. The van der Waals surface area contributed by atoms with Gasteiger partial charge in [0.25, 0.3) is 0 Å². The lowest BCUT2D eigenvalue weighted by molar-refractivity contribution is 0.0686. The molecule has 0 aliphatic rings. The van der Waals surface area contributed by atoms with Crippen molar-refractivity contribution in [2.45, 2.75) is 6.92 Å². The van der Waals surface area contributed by atoms with Crippen LogP contribution in [0.15, 0.2) is 122 Å². The van der Waals surface area contributed by atoms with Crippen LogP contribution in [-0.4, -0.2) is 45.8 Å². The van der Waals surface area contributed by atoms with E-state index in [9.17, 15) is 23.5 Å². The van der Waals surface area contributed by atoms with Crippen LogP contribution in [-0.2, 0) is 0 Å². The number of nitrogens with one attached hydrogen (secondary N) is 2. The summed E-state index contributed by atoms with van der Waals surface area (Å²) in [4.78, 5) is 30.4. The molecule has 0 saturated carbocycles. The van der Waals surface area contributed by atoms with Crippen molar-refractivity contribution in [2.24, 2.45) is 0 Å². The van der Waals surface area contributed by atoms with Crippen molar-refractivity contribution in [3.05, 3.63) is 144 Å². The number of halogens is 2. The molecule has 0 aliphatic carbocycles. The van der Waals surface area contributed by atoms with Gasteiger partial charge in [-0.15, -0.1) is 0 Å². The summed E-state index contributed by atoms with van der Waals surface area (Å²) in [6, 6.07) is 29.9. The first-order chi connectivity index (χ1) is 24.7. The number of anilines is 4. The molecule has 0 saturated heterocycles. The van der Waals surface area contributed by atoms with Crippen molar-refractivity contribution < 1.29 is 38.1 Å². The average Bonchev–Trinajstić information content (AvgIpc) is 3.14. The highest BCUT2D eigenvalue weighted by Crippen LogP contribution is 2.30. The Bertz CT molecular complexity index is 2180. The van der Waals surface area contributed by atoms with Crippen LogP contribution in [0, 0.1) is 11.6 Å². The number of ether oxygens (including phenoxy) is 2. The van der Waals surface area contributed by atoms with Gasteiger partial charge < -0.3 is 30.3 Å². The summed E-state index contributed by atoms with van der Waals surface area (Å²) in [7, 11) is 1.57. The molecule has 258 valence electrons. The SMILES string of the molecule is CCOc1cccc(-c2ccc(Nc3ncccc3C(=O)O)c(F)c2)c1.COc1cccc(-c2ccc(Nc3ncccc3C(=O)O)c(F)c2)c1. The number of aromatic carboxylic acids is 2. The molecule has 0 atom stereocenters. The van der Waals surface area contributed by atoms with E-state index in [1.165, 1.54) is 48.8 Å². The topological polar surface area (TPSA) is 143 Å². The Labute approximate surface area is 292 Å². The van der Waals surface area contributed by atoms with Crippen molar-refractivity contribution in [2.75, 3.05) is 24.4 Å². The van der Waals surface area contributed by atoms with Gasteiger partial charge in [-0.1, -0.05) is 36.4 Å². The summed E-state index contributed by atoms with van der Waals surface area (Å²) < 4.78 is 39.6. The third-order valence-electron chi connectivity index (χ3n) is 7.40. The maximum absolute atomic E-state index is 14.5. The maximum Gasteiger partial charge on any atom is 0.339 e. The Kier molecular flexibility index (Phi) is 11.5. The van der Waals surface area contributed by atoms with E-state index in [1.807, 2.05) is 55.5 Å². The highest BCUT2D eigenvalue weighted by molar-refractivity contribution is 5.94. The summed E-state index contributed by atoms with van der Waals surface area (Å²) in [6.07, 6.45) is 2.89. The van der Waals surface area contributed by atoms with Crippen molar-refractivity contribution >= 4 is 34.9 Å². The number of methoxy groups -OCH3 is 1. The molecule has 2 heterocycles. The molecule has 10 nitrogen and oxygen atoms in total. The Hall–Kier alpha value is -6.82. The minimum atomic E-state index is -1.14. The Morgan fingerprint density at radius 2 is 1.08 bits per heavy atom. The fourth-order valence-electron chi connectivity index (χ4n) is 4.94. The van der Waals surface area contributed by atoms with Gasteiger partial charge in [0, 0.05) is 12.4 Å². The molecule has 6 aromatic rings. The van der Waals surface area contributed by atoms with Crippen molar-refractivity contribution in [3.63, 3.8) is 0 Å². The molecule has 0 spiro atoms. The quantitative estimate of drug-likeness (QED) is 0.104. The van der Waals surface area contributed by atoms with Gasteiger partial charge in [-0.05, 0) is 102 Å². The Morgan fingerprint density at radius 1 is 0.627 bits per heavy atom. The van der Waals surface area contributed by atoms with Gasteiger partial charge in [-0.25, -0.2) is 28.3 Å². The summed E-state index contributed by atoms with van der Waals surface area (Å²) >= 11 is 0. The number of rotatable bonds is 11. The van der Waals surface area contributed by atoms with Crippen LogP contribution in [0.5, 0.6) is 11.5 Å². The first kappa shape index (κ1) is 35.5. The Morgan fingerprint density at radius 3 is 1.51 bits per heavy atom. The van der Waals surface area contributed by atoms with E-state index >= 15 is 0 Å². The zero-order chi connectivity index (χ0) is 36.3. The number of benzene rings is 4. The average molecular weight is 691 g/mol. The van der Waals surface area contributed by atoms with Gasteiger partial charge in [0.1, 0.15) is 45.9 Å². The molecule has 4 aromatic carbocycles. The number of carboxylic acids is 2. The molecule has 6 rings (SSSR count). The summed E-state index contributed by atoms with van der Waals surface area (Å²) in [5, 5.41) is 23.8. The molecule has 4 N–H and O–H groups in total. The van der Waals surface area contributed by atoms with Crippen LogP contribution in [0.25, 0.3) is 22.3 Å². The fourth-order valence-corrected chi connectivity index (χ4v) is 4.94. The van der Waals surface area contributed by atoms with E-state index in [4.69, 9.17) is 14.6 Å². The third-order valence-corrected chi connectivity index (χ3v) is 7.40. The summed E-state index contributed by atoms with van der Waals surface area (Å²) in [5.74, 6) is -1.72. The second-order valence-electron chi connectivity index (χ2n) is 10.7. The lowest BCUT2D eigenvalue weighted by Crippen LogP contribution is -2.05. The minimum absolute atomic E-state index is 0.0274. The number of aromatic nitrogens is 2. The molecule has 0 fully saturated rings. The second kappa shape index (κ2) is 16.5. The molecule has 0 aliphatic heterocycles. The van der Waals surface area contributed by atoms with Gasteiger partial charge in [-0.2, -0.15) is 0 Å². The summed E-state index contributed by atoms with van der Waals surface area (Å²) in [6.45, 7) is 2.45. The highest BCUT2D eigenvalue weighted by atomic mass is 19.1. The van der Waals surface area contributed by atoms with E-state index < -0.39 is 23.6 Å². The molecule has 0 unspecified atom stereocenters. The number of nitrogens with zero attached hydrogens (tertiary/aromatic N) is 2. The van der Waals surface area contributed by atoms with E-state index in [0.717, 1.165) is 11.1 Å². The van der Waals surface area contributed by atoms with Crippen LogP contribution < -0.4 is 20.1 Å². The van der Waals surface area contributed by atoms with Gasteiger partial charge in [0.05, 0.1) is 25.1 Å². The minimum Gasteiger partial charge on any atom is -0.497 e. The van der Waals surface area contributed by atoms with Gasteiger partial charge >= 0.3 is 11.9 Å². The third kappa shape index (κ3) is 9.00. The predicted molar refractivity (Wildman–Crippen MR) is 190 cm³/mol. The number of hydrogen-bond donors (Lipinski definition) is 4. The maximum atomic E-state index is 14.5. The Balaban J connectivity index is 0.000000198. The van der Waals surface area contributed by atoms with Crippen LogP contribution in [0.3, 0.4) is 0 Å². The van der Waals surface area contributed by atoms with Gasteiger partial charge in [0.2, 0.25) is 0 Å². The van der Waals surface area contributed by atoms with E-state index in [1.54, 1.807) is 31.4 Å². The molecule has 12 heteroatoms. The fraction of sp³-hybridized carbons (Fsp3) is 0.0769. The zero-order valence-corrected chi connectivity index (χ0v) is 27.4. The zero-order valence-electron chi connectivity index (χ0n) is 27.4. The number of hydrogen-bond acceptors (Lipinski definition) is 8. The molecular weight excluding hydrogens is 658 g/mol. The summed E-state index contributed by atoms with van der Waals surface area (Å²) in [5.41, 5.74) is 3.25. The van der Waals surface area contributed by atoms with Crippen LogP contribution in [0.1, 0.15) is 27.6 Å². The molecule has 2 aromatic heterocycles. The number of carbonyl (C=O) groups is 2. The van der Waals surface area contributed by atoms with E-state index in [-0.39, 0.29) is 34.1 Å². The number of pyridine rings is 2. The molecule has 0 radical (unpaired) electrons. The van der Waals surface area contributed by atoms with Crippen LogP contribution >= 0.6 is 0 Å². The lowest BCUT2D eigenvalue weighted by Gasteiger charge is -2.11. The first-order valence-electron chi connectivity index (χ1n) is 15.5. The molecular formula is C39H32F2N4O6. The van der Waals surface area contributed by atoms with Crippen LogP contribution in [0.4, 0.5) is 31.8 Å². The lowest BCUT2D eigenvalue weighted by atomic mass is 10.0. The number of carboxylic acid groups (broad SMARTS) is 2. The van der Waals surface area contributed by atoms with E-state index in [0.29, 0.717) is 29.2 Å². The van der Waals surface area contributed by atoms with Crippen molar-refractivity contribution in [3.8, 4) is 33.8 Å². The largest absolute Gasteiger partial charge is 0.497 e. The highest BCUT2D eigenvalue weighted by Gasteiger charge is 2.15. The predicted octanol–water partition coefficient (Wildman–Crippen LogP) is 9.07. The van der Waals surface area contributed by atoms with Crippen molar-refractivity contribution in [1.29, 1.82) is 0 Å². The normalized spacial score (nSPS) is 10.4. The molecule has 0 bridgehead atoms. The van der Waals surface area contributed by atoms with Crippen molar-refractivity contribution in [1.82, 2.24) is 9.97 Å². The van der Waals surface area contributed by atoms with Gasteiger partial charge in [0.15, 0.2) is 0 Å². The first-order valence-corrected chi connectivity index (χ1v) is 15.5. The molecule has 51 heavy (non-hydrogen) atoms. The second-order valence-corrected chi connectivity index (χ2v) is 10.7. The molecule has 0 amide bonds. The van der Waals surface area contributed by atoms with Crippen LogP contribution in [0.2, 0.25) is 0 Å². The monoisotopic (exact) mass is 690 g/mol. The standard InChI is InChI=1S/C20H17FN2O3.C19H15FN2O3/c1-2-26-15-6-3-5-13(11-15)14-8-9-18(17(21)12-14)23-19-16(20(24)25)7-4-10-22-19;1-25-14-5-2-4-12(10-14)13-7-8-17(16(20)11-13)22-18-15(19(23)24)6-3-9-21-18/h3-12H,2H2,1H3,(H,22,23)(H,24,25);2-11H,1H3,(H,21,22)(H,23,24). The van der Waals surface area contributed by atoms with E-state index in [2.05, 4.69) is 20.6 Å².